The molecule has 0 aliphatic heterocycles. The van der Waals surface area contributed by atoms with Gasteiger partial charge in [-0.25, -0.2) is 4.79 Å². The first-order valence-electron chi connectivity index (χ1n) is 13.3. The molecule has 39 heavy (non-hydrogen) atoms. The topological polar surface area (TPSA) is 70.7 Å². The van der Waals surface area contributed by atoms with Crippen LogP contribution in [0.3, 0.4) is 0 Å². The third kappa shape index (κ3) is 8.75. The Morgan fingerprint density at radius 1 is 0.744 bits per heavy atom. The van der Waals surface area contributed by atoms with Gasteiger partial charge in [-0.2, -0.15) is 0 Å². The predicted octanol–water partition coefficient (Wildman–Crippen LogP) is 6.09. The Morgan fingerprint density at radius 2 is 1.31 bits per heavy atom. The highest BCUT2D eigenvalue weighted by Crippen LogP contribution is 2.16. The number of hydrogen-bond acceptors (Lipinski definition) is 3. The molecule has 0 aliphatic carbocycles. The van der Waals surface area contributed by atoms with Crippen LogP contribution < -0.4 is 15.4 Å². The van der Waals surface area contributed by atoms with Crippen LogP contribution in [0, 0.1) is 0 Å². The van der Waals surface area contributed by atoms with Crippen molar-refractivity contribution in [3.63, 3.8) is 0 Å². The van der Waals surface area contributed by atoms with Crippen LogP contribution in [0.4, 0.5) is 10.5 Å². The number of amides is 3. The fourth-order valence-corrected chi connectivity index (χ4v) is 4.38. The van der Waals surface area contributed by atoms with Gasteiger partial charge in [-0.1, -0.05) is 91.0 Å². The van der Waals surface area contributed by atoms with E-state index in [2.05, 4.69) is 22.8 Å². The van der Waals surface area contributed by atoms with Crippen LogP contribution >= 0.6 is 0 Å². The molecular formula is C33H35N3O3. The first-order chi connectivity index (χ1) is 19.1. The summed E-state index contributed by atoms with van der Waals surface area (Å²) < 4.78 is 5.48. The molecule has 0 heterocycles. The number of nitrogens with zero attached hydrogens (tertiary/aromatic N) is 1. The van der Waals surface area contributed by atoms with E-state index in [9.17, 15) is 9.59 Å². The minimum Gasteiger partial charge on any atom is -0.494 e. The number of hydrogen-bond donors (Lipinski definition) is 2. The van der Waals surface area contributed by atoms with Gasteiger partial charge in [0.25, 0.3) is 0 Å². The first kappa shape index (κ1) is 27.5. The van der Waals surface area contributed by atoms with Crippen LogP contribution in [0.25, 0.3) is 0 Å². The fourth-order valence-electron chi connectivity index (χ4n) is 4.38. The van der Waals surface area contributed by atoms with E-state index >= 15 is 0 Å². The molecule has 0 spiro atoms. The van der Waals surface area contributed by atoms with Gasteiger partial charge in [-0.3, -0.25) is 4.79 Å². The molecule has 4 aromatic rings. The molecule has 6 nitrogen and oxygen atoms in total. The lowest BCUT2D eigenvalue weighted by atomic mass is 10.0. The normalized spacial score (nSPS) is 11.3. The van der Waals surface area contributed by atoms with Crippen molar-refractivity contribution in [1.29, 1.82) is 0 Å². The molecule has 0 aliphatic rings. The molecule has 2 N–H and O–H groups in total. The SMILES string of the molecule is CCOc1ccc(NC(=O)NC(Cc2ccccc2)C(=O)N(CCc2ccccc2)Cc2ccccc2)cc1. The molecule has 200 valence electrons. The molecule has 0 saturated heterocycles. The maximum absolute atomic E-state index is 14.0. The van der Waals surface area contributed by atoms with Gasteiger partial charge in [0, 0.05) is 25.2 Å². The molecule has 0 radical (unpaired) electrons. The highest BCUT2D eigenvalue weighted by Gasteiger charge is 2.26. The van der Waals surface area contributed by atoms with Crippen molar-refractivity contribution in [3.8, 4) is 5.75 Å². The predicted molar refractivity (Wildman–Crippen MR) is 156 cm³/mol. The average molecular weight is 522 g/mol. The molecule has 4 aromatic carbocycles. The summed E-state index contributed by atoms with van der Waals surface area (Å²) in [7, 11) is 0. The zero-order valence-electron chi connectivity index (χ0n) is 22.3. The molecule has 0 aromatic heterocycles. The Bertz CT molecular complexity index is 1300. The number of carbonyl (C=O) groups excluding carboxylic acids is 2. The van der Waals surface area contributed by atoms with E-state index in [4.69, 9.17) is 4.74 Å². The van der Waals surface area contributed by atoms with Crippen LogP contribution in [0.15, 0.2) is 115 Å². The lowest BCUT2D eigenvalue weighted by Gasteiger charge is -2.28. The Labute approximate surface area is 230 Å². The smallest absolute Gasteiger partial charge is 0.319 e. The minimum absolute atomic E-state index is 0.125. The summed E-state index contributed by atoms with van der Waals surface area (Å²) in [6, 6.07) is 35.8. The second-order valence-corrected chi connectivity index (χ2v) is 9.28. The molecule has 1 unspecified atom stereocenters. The van der Waals surface area contributed by atoms with E-state index < -0.39 is 12.1 Å². The molecule has 0 fully saturated rings. The highest BCUT2D eigenvalue weighted by molar-refractivity contribution is 5.94. The van der Waals surface area contributed by atoms with Crippen LogP contribution in [0.5, 0.6) is 5.75 Å². The average Bonchev–Trinajstić information content (AvgIpc) is 2.97. The van der Waals surface area contributed by atoms with E-state index in [0.29, 0.717) is 31.8 Å². The van der Waals surface area contributed by atoms with Crippen molar-refractivity contribution >= 4 is 17.6 Å². The van der Waals surface area contributed by atoms with Crippen molar-refractivity contribution in [2.45, 2.75) is 32.4 Å². The lowest BCUT2D eigenvalue weighted by Crippen LogP contribution is -2.51. The van der Waals surface area contributed by atoms with Gasteiger partial charge in [0.05, 0.1) is 6.61 Å². The summed E-state index contributed by atoms with van der Waals surface area (Å²) >= 11 is 0. The van der Waals surface area contributed by atoms with Gasteiger partial charge in [0.15, 0.2) is 0 Å². The fraction of sp³-hybridized carbons (Fsp3) is 0.212. The zero-order chi connectivity index (χ0) is 27.3. The molecular weight excluding hydrogens is 486 g/mol. The summed E-state index contributed by atoms with van der Waals surface area (Å²) in [6.07, 6.45) is 1.10. The van der Waals surface area contributed by atoms with Crippen molar-refractivity contribution in [2.75, 3.05) is 18.5 Å². The third-order valence-corrected chi connectivity index (χ3v) is 6.35. The van der Waals surface area contributed by atoms with E-state index in [1.807, 2.05) is 90.7 Å². The number of ether oxygens (including phenoxy) is 1. The number of carbonyl (C=O) groups is 2. The molecule has 6 heteroatoms. The third-order valence-electron chi connectivity index (χ3n) is 6.35. The van der Waals surface area contributed by atoms with E-state index in [1.54, 1.807) is 24.3 Å². The van der Waals surface area contributed by atoms with E-state index in [0.717, 1.165) is 28.9 Å². The standard InChI is InChI=1S/C33H35N3O3/c1-2-39-30-20-18-29(19-21-30)34-33(38)35-31(24-27-14-8-4-9-15-27)32(37)36(25-28-16-10-5-11-17-28)23-22-26-12-6-3-7-13-26/h3-21,31H,2,22-25H2,1H3,(H2,34,35,38). The summed E-state index contributed by atoms with van der Waals surface area (Å²) in [5.41, 5.74) is 3.78. The second-order valence-electron chi connectivity index (χ2n) is 9.28. The van der Waals surface area contributed by atoms with Gasteiger partial charge in [0.2, 0.25) is 5.91 Å². The molecule has 0 bridgehead atoms. The number of benzene rings is 4. The Hall–Kier alpha value is -4.58. The van der Waals surface area contributed by atoms with Gasteiger partial charge in [-0.15, -0.1) is 0 Å². The van der Waals surface area contributed by atoms with Crippen molar-refractivity contribution in [3.05, 3.63) is 132 Å². The highest BCUT2D eigenvalue weighted by atomic mass is 16.5. The van der Waals surface area contributed by atoms with Crippen molar-refractivity contribution in [2.24, 2.45) is 0 Å². The number of urea groups is 1. The maximum Gasteiger partial charge on any atom is 0.319 e. The van der Waals surface area contributed by atoms with Crippen LogP contribution in [-0.2, 0) is 24.2 Å². The molecule has 4 rings (SSSR count). The Balaban J connectivity index is 1.52. The molecule has 0 saturated carbocycles. The summed E-state index contributed by atoms with van der Waals surface area (Å²) in [5.74, 6) is 0.607. The molecule has 1 atom stereocenters. The lowest BCUT2D eigenvalue weighted by molar-refractivity contribution is -0.133. The van der Waals surface area contributed by atoms with Gasteiger partial charge in [-0.05, 0) is 54.3 Å². The Kier molecular flexibility index (Phi) is 10.1. The maximum atomic E-state index is 14.0. The van der Waals surface area contributed by atoms with Crippen LogP contribution in [0.2, 0.25) is 0 Å². The van der Waals surface area contributed by atoms with Gasteiger partial charge in [0.1, 0.15) is 11.8 Å². The quantitative estimate of drug-likeness (QED) is 0.237. The number of nitrogens with one attached hydrogen (secondary N) is 2. The van der Waals surface area contributed by atoms with Crippen LogP contribution in [0.1, 0.15) is 23.6 Å². The summed E-state index contributed by atoms with van der Waals surface area (Å²) in [6.45, 7) is 3.48. The van der Waals surface area contributed by atoms with E-state index in [1.165, 1.54) is 0 Å². The zero-order valence-corrected chi connectivity index (χ0v) is 22.3. The number of anilines is 1. The minimum atomic E-state index is -0.741. The Morgan fingerprint density at radius 3 is 1.90 bits per heavy atom. The first-order valence-corrected chi connectivity index (χ1v) is 13.3. The monoisotopic (exact) mass is 521 g/mol. The largest absolute Gasteiger partial charge is 0.494 e. The van der Waals surface area contributed by atoms with Crippen LogP contribution in [-0.4, -0.2) is 36.0 Å². The van der Waals surface area contributed by atoms with Gasteiger partial charge >= 0.3 is 6.03 Å². The summed E-state index contributed by atoms with van der Waals surface area (Å²) in [5, 5.41) is 5.80. The number of rotatable bonds is 12. The van der Waals surface area contributed by atoms with Crippen molar-refractivity contribution in [1.82, 2.24) is 10.2 Å². The summed E-state index contributed by atoms with van der Waals surface area (Å²) in [4.78, 5) is 28.9. The molecule has 3 amide bonds. The second kappa shape index (κ2) is 14.4. The van der Waals surface area contributed by atoms with E-state index in [-0.39, 0.29) is 5.91 Å². The van der Waals surface area contributed by atoms with Gasteiger partial charge < -0.3 is 20.3 Å². The van der Waals surface area contributed by atoms with Crippen molar-refractivity contribution < 1.29 is 14.3 Å².